The summed E-state index contributed by atoms with van der Waals surface area (Å²) in [5.41, 5.74) is 7.79. The third kappa shape index (κ3) is 1.65. The van der Waals surface area contributed by atoms with E-state index in [0.717, 1.165) is 5.57 Å². The summed E-state index contributed by atoms with van der Waals surface area (Å²) >= 11 is 5.95. The van der Waals surface area contributed by atoms with Crippen LogP contribution in [0.15, 0.2) is 18.5 Å². The number of nitrogens with zero attached hydrogens (tertiary/aromatic N) is 4. The predicted molar refractivity (Wildman–Crippen MR) is 68.0 cm³/mol. The number of hydrogen-bond acceptors (Lipinski definition) is 5. The number of imidazole rings is 1. The second-order valence-corrected chi connectivity index (χ2v) is 4.77. The van der Waals surface area contributed by atoms with E-state index in [9.17, 15) is 0 Å². The van der Waals surface area contributed by atoms with Gasteiger partial charge >= 0.3 is 0 Å². The molecule has 0 amide bonds. The van der Waals surface area contributed by atoms with Crippen molar-refractivity contribution in [3.8, 4) is 0 Å². The molecule has 0 aliphatic heterocycles. The van der Waals surface area contributed by atoms with Crippen LogP contribution in [-0.2, 0) is 6.54 Å². The van der Waals surface area contributed by atoms with E-state index in [-0.39, 0.29) is 29.5 Å². The minimum absolute atomic E-state index is 0.127. The number of aliphatic hydroxyl groups is 1. The summed E-state index contributed by atoms with van der Waals surface area (Å²) in [6.45, 7) is 4.73. The highest BCUT2D eigenvalue weighted by Crippen LogP contribution is 2.45. The number of hydrogen-bond donors (Lipinski definition) is 2. The predicted octanol–water partition coefficient (Wildman–Crippen LogP) is 0.856. The minimum atomic E-state index is 0.127. The van der Waals surface area contributed by atoms with Crippen molar-refractivity contribution >= 4 is 28.7 Å². The molecule has 3 N–H and O–H groups in total. The molecule has 2 heterocycles. The molecule has 1 fully saturated rings. The first-order valence-corrected chi connectivity index (χ1v) is 5.93. The standard InChI is InChI=1S/C11H12ClN5O/c1-5-6(7(5)3-18)2-17-4-14-8-9(12)15-11(13)16-10(8)17/h4,6-7,18H,1-3H2,(H2,13,15,16). The molecule has 94 valence electrons. The third-order valence-electron chi connectivity index (χ3n) is 3.36. The van der Waals surface area contributed by atoms with E-state index in [0.29, 0.717) is 17.7 Å². The lowest BCUT2D eigenvalue weighted by Gasteiger charge is -2.02. The zero-order valence-corrected chi connectivity index (χ0v) is 10.3. The van der Waals surface area contributed by atoms with E-state index in [1.807, 2.05) is 4.57 Å². The van der Waals surface area contributed by atoms with Crippen molar-refractivity contribution in [3.05, 3.63) is 23.6 Å². The van der Waals surface area contributed by atoms with Crippen molar-refractivity contribution in [1.29, 1.82) is 0 Å². The molecule has 3 rings (SSSR count). The fraction of sp³-hybridized carbons (Fsp3) is 0.364. The Balaban J connectivity index is 1.96. The van der Waals surface area contributed by atoms with Gasteiger partial charge in [0.1, 0.15) is 5.52 Å². The summed E-state index contributed by atoms with van der Waals surface area (Å²) in [5.74, 6) is 0.571. The van der Waals surface area contributed by atoms with Crippen LogP contribution in [0.25, 0.3) is 11.2 Å². The molecule has 2 atom stereocenters. The molecule has 1 aliphatic rings. The lowest BCUT2D eigenvalue weighted by atomic mass is 10.3. The molecule has 0 bridgehead atoms. The Bertz CT molecular complexity index is 638. The van der Waals surface area contributed by atoms with E-state index in [1.54, 1.807) is 6.33 Å². The first-order chi connectivity index (χ1) is 8.61. The maximum absolute atomic E-state index is 9.12. The van der Waals surface area contributed by atoms with Gasteiger partial charge in [-0.25, -0.2) is 4.98 Å². The normalized spacial score (nSPS) is 22.7. The Labute approximate surface area is 108 Å². The molecule has 2 unspecified atom stereocenters. The van der Waals surface area contributed by atoms with Gasteiger partial charge in [-0.3, -0.25) is 0 Å². The van der Waals surface area contributed by atoms with Crippen LogP contribution in [0.2, 0.25) is 5.15 Å². The summed E-state index contributed by atoms with van der Waals surface area (Å²) < 4.78 is 1.87. The molecular formula is C11H12ClN5O. The molecule has 18 heavy (non-hydrogen) atoms. The average Bonchev–Trinajstić information content (AvgIpc) is 2.75. The zero-order chi connectivity index (χ0) is 12.9. The number of aromatic nitrogens is 4. The molecular weight excluding hydrogens is 254 g/mol. The van der Waals surface area contributed by atoms with Gasteiger partial charge in [0, 0.05) is 18.4 Å². The van der Waals surface area contributed by atoms with Crippen LogP contribution >= 0.6 is 11.6 Å². The van der Waals surface area contributed by atoms with Crippen LogP contribution in [0.1, 0.15) is 0 Å². The Morgan fingerprint density at radius 3 is 2.89 bits per heavy atom. The van der Waals surface area contributed by atoms with E-state index >= 15 is 0 Å². The molecule has 0 saturated heterocycles. The fourth-order valence-electron chi connectivity index (χ4n) is 2.21. The topological polar surface area (TPSA) is 89.8 Å². The molecule has 2 aromatic rings. The van der Waals surface area contributed by atoms with E-state index in [4.69, 9.17) is 22.4 Å². The third-order valence-corrected chi connectivity index (χ3v) is 3.62. The van der Waals surface area contributed by atoms with Crippen molar-refractivity contribution in [2.45, 2.75) is 6.54 Å². The monoisotopic (exact) mass is 265 g/mol. The zero-order valence-electron chi connectivity index (χ0n) is 9.54. The highest BCUT2D eigenvalue weighted by molar-refractivity contribution is 6.33. The number of nitrogens with two attached hydrogens (primary N) is 1. The average molecular weight is 266 g/mol. The number of rotatable bonds is 3. The van der Waals surface area contributed by atoms with Crippen molar-refractivity contribution in [1.82, 2.24) is 19.5 Å². The van der Waals surface area contributed by atoms with Crippen LogP contribution in [0, 0.1) is 11.8 Å². The molecule has 0 aromatic carbocycles. The van der Waals surface area contributed by atoms with Gasteiger partial charge in [0.15, 0.2) is 10.8 Å². The maximum Gasteiger partial charge on any atom is 0.223 e. The van der Waals surface area contributed by atoms with Crippen LogP contribution in [0.4, 0.5) is 5.95 Å². The Kier molecular flexibility index (Phi) is 2.49. The summed E-state index contributed by atoms with van der Waals surface area (Å²) in [7, 11) is 0. The molecule has 0 spiro atoms. The van der Waals surface area contributed by atoms with Gasteiger partial charge in [0.25, 0.3) is 0 Å². The second kappa shape index (κ2) is 3.93. The van der Waals surface area contributed by atoms with Crippen molar-refractivity contribution in [2.24, 2.45) is 11.8 Å². The van der Waals surface area contributed by atoms with Gasteiger partial charge in [0.2, 0.25) is 5.95 Å². The first kappa shape index (κ1) is 11.4. The lowest BCUT2D eigenvalue weighted by molar-refractivity contribution is 0.269. The first-order valence-electron chi connectivity index (χ1n) is 5.55. The van der Waals surface area contributed by atoms with Crippen LogP contribution in [0.3, 0.4) is 0 Å². The quantitative estimate of drug-likeness (QED) is 0.634. The van der Waals surface area contributed by atoms with Gasteiger partial charge in [-0.05, 0) is 0 Å². The van der Waals surface area contributed by atoms with Gasteiger partial charge in [-0.15, -0.1) is 0 Å². The molecule has 2 aromatic heterocycles. The fourth-order valence-corrected chi connectivity index (χ4v) is 2.43. The Morgan fingerprint density at radius 2 is 2.22 bits per heavy atom. The van der Waals surface area contributed by atoms with Gasteiger partial charge in [-0.2, -0.15) is 9.97 Å². The van der Waals surface area contributed by atoms with Gasteiger partial charge < -0.3 is 15.4 Å². The second-order valence-electron chi connectivity index (χ2n) is 4.41. The Morgan fingerprint density at radius 1 is 1.44 bits per heavy atom. The van der Waals surface area contributed by atoms with Gasteiger partial charge in [-0.1, -0.05) is 23.8 Å². The van der Waals surface area contributed by atoms with Crippen LogP contribution in [-0.4, -0.2) is 31.2 Å². The number of aliphatic hydroxyl groups excluding tert-OH is 1. The molecule has 1 saturated carbocycles. The lowest BCUT2D eigenvalue weighted by Crippen LogP contribution is -2.04. The van der Waals surface area contributed by atoms with Crippen LogP contribution in [0.5, 0.6) is 0 Å². The summed E-state index contributed by atoms with van der Waals surface area (Å²) in [4.78, 5) is 12.2. The molecule has 7 heteroatoms. The highest BCUT2D eigenvalue weighted by atomic mass is 35.5. The summed E-state index contributed by atoms with van der Waals surface area (Å²) in [6.07, 6.45) is 1.66. The maximum atomic E-state index is 9.12. The largest absolute Gasteiger partial charge is 0.396 e. The van der Waals surface area contributed by atoms with Crippen molar-refractivity contribution in [3.63, 3.8) is 0 Å². The molecule has 6 nitrogen and oxygen atoms in total. The van der Waals surface area contributed by atoms with Crippen LogP contribution < -0.4 is 5.73 Å². The highest BCUT2D eigenvalue weighted by Gasteiger charge is 2.41. The summed E-state index contributed by atoms with van der Waals surface area (Å²) in [6, 6.07) is 0. The minimum Gasteiger partial charge on any atom is -0.396 e. The van der Waals surface area contributed by atoms with Crippen molar-refractivity contribution < 1.29 is 5.11 Å². The van der Waals surface area contributed by atoms with E-state index in [1.165, 1.54) is 0 Å². The van der Waals surface area contributed by atoms with Crippen molar-refractivity contribution in [2.75, 3.05) is 12.3 Å². The molecule has 1 aliphatic carbocycles. The van der Waals surface area contributed by atoms with E-state index in [2.05, 4.69) is 21.5 Å². The number of fused-ring (bicyclic) bond motifs is 1. The Hall–Kier alpha value is -1.66. The SMILES string of the molecule is C=C1C(CO)C1Cn1cnc2c(Cl)nc(N)nc21. The summed E-state index contributed by atoms with van der Waals surface area (Å²) in [5, 5.41) is 9.38. The van der Waals surface area contributed by atoms with E-state index < -0.39 is 0 Å². The smallest absolute Gasteiger partial charge is 0.223 e. The number of anilines is 1. The number of halogens is 1. The molecule has 0 radical (unpaired) electrons. The van der Waals surface area contributed by atoms with Gasteiger partial charge in [0.05, 0.1) is 12.9 Å². The number of nitrogen functional groups attached to an aromatic ring is 1.